The van der Waals surface area contributed by atoms with Crippen LogP contribution in [0.5, 0.6) is 0 Å². The van der Waals surface area contributed by atoms with Crippen LogP contribution >= 0.6 is 0 Å². The molecular weight excluding hydrogens is 307 g/mol. The van der Waals surface area contributed by atoms with Crippen LogP contribution in [0.4, 0.5) is 18.9 Å². The Kier molecular flexibility index (Phi) is 3.67. The third kappa shape index (κ3) is 2.84. The van der Waals surface area contributed by atoms with Gasteiger partial charge in [0.2, 0.25) is 11.8 Å². The Bertz CT molecular complexity index is 739. The average molecular weight is 319 g/mol. The van der Waals surface area contributed by atoms with Gasteiger partial charge in [-0.15, -0.1) is 0 Å². The summed E-state index contributed by atoms with van der Waals surface area (Å²) in [6.45, 7) is 0. The molecule has 2 aromatic carbocycles. The first-order valence-electron chi connectivity index (χ1n) is 6.97. The third-order valence-corrected chi connectivity index (χ3v) is 3.80. The Balaban J connectivity index is 1.89. The van der Waals surface area contributed by atoms with E-state index < -0.39 is 29.5 Å². The zero-order chi connectivity index (χ0) is 16.6. The fourth-order valence-electron chi connectivity index (χ4n) is 2.65. The number of halogens is 3. The molecule has 1 aliphatic rings. The summed E-state index contributed by atoms with van der Waals surface area (Å²) in [7, 11) is 0. The molecule has 118 valence electrons. The molecule has 3 rings (SSSR count). The average Bonchev–Trinajstić information content (AvgIpc) is 2.82. The van der Waals surface area contributed by atoms with Gasteiger partial charge in [-0.3, -0.25) is 14.5 Å². The Labute approximate surface area is 130 Å². The van der Waals surface area contributed by atoms with Crippen LogP contribution in [0.1, 0.15) is 23.5 Å². The van der Waals surface area contributed by atoms with E-state index in [-0.39, 0.29) is 12.1 Å². The first kappa shape index (κ1) is 15.3. The zero-order valence-electron chi connectivity index (χ0n) is 11.9. The van der Waals surface area contributed by atoms with Crippen LogP contribution in [-0.4, -0.2) is 11.8 Å². The molecule has 0 radical (unpaired) electrons. The monoisotopic (exact) mass is 319 g/mol. The van der Waals surface area contributed by atoms with Gasteiger partial charge < -0.3 is 0 Å². The molecule has 1 atom stereocenters. The highest BCUT2D eigenvalue weighted by molar-refractivity contribution is 6.22. The van der Waals surface area contributed by atoms with Crippen LogP contribution in [-0.2, 0) is 15.8 Å². The number of alkyl halides is 3. The number of amides is 2. The molecule has 0 N–H and O–H groups in total. The topological polar surface area (TPSA) is 37.4 Å². The van der Waals surface area contributed by atoms with Crippen molar-refractivity contribution in [3.63, 3.8) is 0 Å². The molecule has 6 heteroatoms. The highest BCUT2D eigenvalue weighted by atomic mass is 19.4. The Morgan fingerprint density at radius 1 is 0.913 bits per heavy atom. The molecule has 0 aromatic heterocycles. The number of hydrogen-bond donors (Lipinski definition) is 0. The maximum atomic E-state index is 12.6. The summed E-state index contributed by atoms with van der Waals surface area (Å²) >= 11 is 0. The molecule has 0 saturated carbocycles. The van der Waals surface area contributed by atoms with E-state index in [9.17, 15) is 22.8 Å². The van der Waals surface area contributed by atoms with Crippen molar-refractivity contribution in [2.75, 3.05) is 4.90 Å². The van der Waals surface area contributed by atoms with Crippen LogP contribution < -0.4 is 4.90 Å². The second-order valence-electron chi connectivity index (χ2n) is 5.28. The van der Waals surface area contributed by atoms with Gasteiger partial charge in [0.15, 0.2) is 0 Å². The lowest BCUT2D eigenvalue weighted by molar-refractivity contribution is -0.137. The molecule has 1 unspecified atom stereocenters. The number of rotatable bonds is 2. The molecule has 1 aliphatic heterocycles. The fourth-order valence-corrected chi connectivity index (χ4v) is 2.65. The molecule has 1 heterocycles. The van der Waals surface area contributed by atoms with Crippen LogP contribution in [0.25, 0.3) is 0 Å². The van der Waals surface area contributed by atoms with Gasteiger partial charge in [-0.1, -0.05) is 30.3 Å². The number of imide groups is 1. The highest BCUT2D eigenvalue weighted by Gasteiger charge is 2.40. The minimum absolute atomic E-state index is 0.0177. The molecule has 3 nitrogen and oxygen atoms in total. The summed E-state index contributed by atoms with van der Waals surface area (Å²) in [6, 6.07) is 12.9. The number of nitrogens with zero attached hydrogens (tertiary/aromatic N) is 1. The van der Waals surface area contributed by atoms with Crippen molar-refractivity contribution in [3.05, 3.63) is 65.7 Å². The van der Waals surface area contributed by atoms with Crippen molar-refractivity contribution in [2.24, 2.45) is 0 Å². The zero-order valence-corrected chi connectivity index (χ0v) is 11.9. The SMILES string of the molecule is O=C1CC(c2ccccc2)C(=O)N1c1ccc(C(F)(F)F)cc1. The van der Waals surface area contributed by atoms with E-state index in [1.165, 1.54) is 0 Å². The molecular formula is C17H12F3NO2. The lowest BCUT2D eigenvalue weighted by atomic mass is 9.98. The van der Waals surface area contributed by atoms with Gasteiger partial charge in [0.25, 0.3) is 0 Å². The lowest BCUT2D eigenvalue weighted by Crippen LogP contribution is -2.30. The molecule has 2 amide bonds. The Morgan fingerprint density at radius 3 is 2.09 bits per heavy atom. The highest BCUT2D eigenvalue weighted by Crippen LogP contribution is 2.35. The summed E-state index contributed by atoms with van der Waals surface area (Å²) in [5, 5.41) is 0. The first-order valence-corrected chi connectivity index (χ1v) is 6.97. The van der Waals surface area contributed by atoms with E-state index in [4.69, 9.17) is 0 Å². The quantitative estimate of drug-likeness (QED) is 0.791. The summed E-state index contributed by atoms with van der Waals surface area (Å²) in [4.78, 5) is 25.6. The summed E-state index contributed by atoms with van der Waals surface area (Å²) in [5.41, 5.74) is 0.0617. The van der Waals surface area contributed by atoms with Crippen molar-refractivity contribution in [1.82, 2.24) is 0 Å². The number of carbonyl (C=O) groups is 2. The van der Waals surface area contributed by atoms with Gasteiger partial charge in [0.05, 0.1) is 17.2 Å². The number of carbonyl (C=O) groups excluding carboxylic acids is 2. The van der Waals surface area contributed by atoms with Gasteiger partial charge in [-0.2, -0.15) is 13.2 Å². The fraction of sp³-hybridized carbons (Fsp3) is 0.176. The minimum atomic E-state index is -4.45. The van der Waals surface area contributed by atoms with Gasteiger partial charge in [0, 0.05) is 6.42 Å². The van der Waals surface area contributed by atoms with Crippen LogP contribution in [0, 0.1) is 0 Å². The Hall–Kier alpha value is -2.63. The minimum Gasteiger partial charge on any atom is -0.274 e. The number of hydrogen-bond acceptors (Lipinski definition) is 2. The molecule has 0 aliphatic carbocycles. The van der Waals surface area contributed by atoms with Gasteiger partial charge in [-0.25, -0.2) is 0 Å². The van der Waals surface area contributed by atoms with E-state index in [1.54, 1.807) is 30.3 Å². The van der Waals surface area contributed by atoms with Gasteiger partial charge in [-0.05, 0) is 29.8 Å². The van der Waals surface area contributed by atoms with E-state index >= 15 is 0 Å². The second kappa shape index (κ2) is 5.53. The maximum Gasteiger partial charge on any atom is 0.416 e. The molecule has 0 spiro atoms. The smallest absolute Gasteiger partial charge is 0.274 e. The first-order chi connectivity index (χ1) is 10.9. The van der Waals surface area contributed by atoms with E-state index in [0.717, 1.165) is 34.7 Å². The van der Waals surface area contributed by atoms with Crippen molar-refractivity contribution in [2.45, 2.75) is 18.5 Å². The molecule has 1 saturated heterocycles. The largest absolute Gasteiger partial charge is 0.416 e. The third-order valence-electron chi connectivity index (χ3n) is 3.80. The van der Waals surface area contributed by atoms with Crippen LogP contribution in [0.15, 0.2) is 54.6 Å². The van der Waals surface area contributed by atoms with E-state index in [0.29, 0.717) is 0 Å². The number of benzene rings is 2. The second-order valence-corrected chi connectivity index (χ2v) is 5.28. The molecule has 1 fully saturated rings. The molecule has 0 bridgehead atoms. The summed E-state index contributed by atoms with van der Waals surface area (Å²) in [5.74, 6) is -1.42. The summed E-state index contributed by atoms with van der Waals surface area (Å²) in [6.07, 6.45) is -4.44. The maximum absolute atomic E-state index is 12.6. The van der Waals surface area contributed by atoms with Crippen molar-refractivity contribution >= 4 is 17.5 Å². The molecule has 2 aromatic rings. The van der Waals surface area contributed by atoms with Crippen LogP contribution in [0.3, 0.4) is 0 Å². The lowest BCUT2D eigenvalue weighted by Gasteiger charge is -2.16. The van der Waals surface area contributed by atoms with Gasteiger partial charge >= 0.3 is 6.18 Å². The number of anilines is 1. The van der Waals surface area contributed by atoms with Crippen LogP contribution in [0.2, 0.25) is 0 Å². The van der Waals surface area contributed by atoms with Crippen molar-refractivity contribution in [1.29, 1.82) is 0 Å². The van der Waals surface area contributed by atoms with Crippen molar-refractivity contribution in [3.8, 4) is 0 Å². The van der Waals surface area contributed by atoms with E-state index in [2.05, 4.69) is 0 Å². The van der Waals surface area contributed by atoms with E-state index in [1.807, 2.05) is 0 Å². The van der Waals surface area contributed by atoms with Gasteiger partial charge in [0.1, 0.15) is 0 Å². The summed E-state index contributed by atoms with van der Waals surface area (Å²) < 4.78 is 37.8. The predicted octanol–water partition coefficient (Wildman–Crippen LogP) is 3.75. The molecule has 23 heavy (non-hydrogen) atoms. The van der Waals surface area contributed by atoms with Crippen molar-refractivity contribution < 1.29 is 22.8 Å². The standard InChI is InChI=1S/C17H12F3NO2/c18-17(19,20)12-6-8-13(9-7-12)21-15(22)10-14(16(21)23)11-4-2-1-3-5-11/h1-9,14H,10H2. The normalized spacial score (nSPS) is 18.6. The Morgan fingerprint density at radius 2 is 1.52 bits per heavy atom. The predicted molar refractivity (Wildman–Crippen MR) is 77.7 cm³/mol.